The summed E-state index contributed by atoms with van der Waals surface area (Å²) in [7, 11) is 0. The van der Waals surface area contributed by atoms with Crippen LogP contribution in [0.15, 0.2) is 24.3 Å². The molecular weight excluding hydrogens is 190 g/mol. The molecule has 0 unspecified atom stereocenters. The molecule has 0 saturated heterocycles. The van der Waals surface area contributed by atoms with E-state index in [2.05, 4.69) is 5.32 Å². The fourth-order valence-electron chi connectivity index (χ4n) is 1.21. The Balaban J connectivity index is 2.64. The number of carbonyl (C=O) groups is 1. The lowest BCUT2D eigenvalue weighted by Gasteiger charge is -2.02. The standard InChI is InChI=1S/C12H15NO2/c1-9-11(5-3-7-12(9)15)6-4-8-13-10(2)14/h3-7,15H,8H2,1-2H3,(H,13,14). The van der Waals surface area contributed by atoms with Crippen molar-refractivity contribution >= 4 is 12.0 Å². The first-order valence-corrected chi connectivity index (χ1v) is 4.81. The molecule has 0 radical (unpaired) electrons. The highest BCUT2D eigenvalue weighted by molar-refractivity contribution is 5.73. The first-order valence-electron chi connectivity index (χ1n) is 4.81. The van der Waals surface area contributed by atoms with Crippen molar-refractivity contribution in [1.82, 2.24) is 5.32 Å². The Hall–Kier alpha value is -1.77. The van der Waals surface area contributed by atoms with E-state index < -0.39 is 0 Å². The lowest BCUT2D eigenvalue weighted by atomic mass is 10.1. The number of hydrogen-bond donors (Lipinski definition) is 2. The Labute approximate surface area is 89.4 Å². The molecule has 3 nitrogen and oxygen atoms in total. The summed E-state index contributed by atoms with van der Waals surface area (Å²) in [4.78, 5) is 10.6. The van der Waals surface area contributed by atoms with Crippen LogP contribution in [-0.4, -0.2) is 17.6 Å². The van der Waals surface area contributed by atoms with Gasteiger partial charge in [-0.15, -0.1) is 0 Å². The monoisotopic (exact) mass is 205 g/mol. The zero-order valence-electron chi connectivity index (χ0n) is 8.95. The highest BCUT2D eigenvalue weighted by Gasteiger charge is 1.98. The molecule has 0 aromatic heterocycles. The van der Waals surface area contributed by atoms with Crippen molar-refractivity contribution in [2.75, 3.05) is 6.54 Å². The normalized spacial score (nSPS) is 10.5. The van der Waals surface area contributed by atoms with Crippen molar-refractivity contribution in [2.45, 2.75) is 13.8 Å². The van der Waals surface area contributed by atoms with Crippen molar-refractivity contribution < 1.29 is 9.90 Å². The SMILES string of the molecule is CC(=O)NCC=Cc1cccc(O)c1C. The molecule has 0 saturated carbocycles. The average molecular weight is 205 g/mol. The van der Waals surface area contributed by atoms with Gasteiger partial charge in [0, 0.05) is 13.5 Å². The van der Waals surface area contributed by atoms with Gasteiger partial charge in [-0.3, -0.25) is 4.79 Å². The van der Waals surface area contributed by atoms with Crippen LogP contribution in [0.3, 0.4) is 0 Å². The molecule has 2 N–H and O–H groups in total. The van der Waals surface area contributed by atoms with Gasteiger partial charge in [0.2, 0.25) is 5.91 Å². The summed E-state index contributed by atoms with van der Waals surface area (Å²) in [6.45, 7) is 3.84. The highest BCUT2D eigenvalue weighted by atomic mass is 16.3. The Bertz CT molecular complexity index is 383. The van der Waals surface area contributed by atoms with Crippen LogP contribution in [0.5, 0.6) is 5.75 Å². The Morgan fingerprint density at radius 2 is 2.27 bits per heavy atom. The van der Waals surface area contributed by atoms with Crippen LogP contribution in [-0.2, 0) is 4.79 Å². The maximum Gasteiger partial charge on any atom is 0.217 e. The van der Waals surface area contributed by atoms with E-state index in [9.17, 15) is 9.90 Å². The Morgan fingerprint density at radius 3 is 2.93 bits per heavy atom. The molecule has 0 atom stereocenters. The van der Waals surface area contributed by atoms with Crippen LogP contribution < -0.4 is 5.32 Å². The number of phenols is 1. The van der Waals surface area contributed by atoms with Crippen molar-refractivity contribution in [3.05, 3.63) is 35.4 Å². The first-order chi connectivity index (χ1) is 7.11. The topological polar surface area (TPSA) is 49.3 Å². The number of nitrogens with one attached hydrogen (secondary N) is 1. The van der Waals surface area contributed by atoms with Gasteiger partial charge in [0.05, 0.1) is 0 Å². The number of benzene rings is 1. The molecule has 1 rings (SSSR count). The highest BCUT2D eigenvalue weighted by Crippen LogP contribution is 2.20. The Kier molecular flexibility index (Phi) is 3.92. The minimum absolute atomic E-state index is 0.0488. The third-order valence-corrected chi connectivity index (χ3v) is 2.11. The number of aromatic hydroxyl groups is 1. The minimum Gasteiger partial charge on any atom is -0.508 e. The van der Waals surface area contributed by atoms with Gasteiger partial charge in [-0.1, -0.05) is 24.3 Å². The largest absolute Gasteiger partial charge is 0.508 e. The summed E-state index contributed by atoms with van der Waals surface area (Å²) in [6, 6.07) is 5.36. The molecule has 3 heteroatoms. The van der Waals surface area contributed by atoms with Crippen molar-refractivity contribution in [2.24, 2.45) is 0 Å². The molecular formula is C12H15NO2. The average Bonchev–Trinajstić information content (AvgIpc) is 2.18. The van der Waals surface area contributed by atoms with E-state index >= 15 is 0 Å². The van der Waals surface area contributed by atoms with Gasteiger partial charge in [0.25, 0.3) is 0 Å². The fraction of sp³-hybridized carbons (Fsp3) is 0.250. The van der Waals surface area contributed by atoms with Crippen molar-refractivity contribution in [3.8, 4) is 5.75 Å². The molecule has 1 aromatic carbocycles. The summed E-state index contributed by atoms with van der Waals surface area (Å²) in [5.74, 6) is 0.240. The molecule has 15 heavy (non-hydrogen) atoms. The molecule has 1 aromatic rings. The van der Waals surface area contributed by atoms with E-state index in [0.29, 0.717) is 6.54 Å². The molecule has 0 bridgehead atoms. The number of rotatable bonds is 3. The second-order valence-electron chi connectivity index (χ2n) is 3.33. The number of hydrogen-bond acceptors (Lipinski definition) is 2. The van der Waals surface area contributed by atoms with Gasteiger partial charge in [-0.2, -0.15) is 0 Å². The summed E-state index contributed by atoms with van der Waals surface area (Å²) in [5.41, 5.74) is 1.80. The Morgan fingerprint density at radius 1 is 1.53 bits per heavy atom. The zero-order valence-corrected chi connectivity index (χ0v) is 8.95. The molecule has 0 aliphatic rings. The van der Waals surface area contributed by atoms with E-state index in [1.165, 1.54) is 6.92 Å². The minimum atomic E-state index is -0.0488. The molecule has 0 aliphatic carbocycles. The predicted octanol–water partition coefficient (Wildman–Crippen LogP) is 1.85. The quantitative estimate of drug-likeness (QED) is 0.791. The van der Waals surface area contributed by atoms with E-state index in [1.807, 2.05) is 25.1 Å². The summed E-state index contributed by atoms with van der Waals surface area (Å²) < 4.78 is 0. The van der Waals surface area contributed by atoms with Crippen molar-refractivity contribution in [1.29, 1.82) is 0 Å². The lowest BCUT2D eigenvalue weighted by molar-refractivity contribution is -0.118. The van der Waals surface area contributed by atoms with Crippen LogP contribution >= 0.6 is 0 Å². The number of amides is 1. The van der Waals surface area contributed by atoms with E-state index in [-0.39, 0.29) is 11.7 Å². The fourth-order valence-corrected chi connectivity index (χ4v) is 1.21. The smallest absolute Gasteiger partial charge is 0.217 e. The third kappa shape index (κ3) is 3.46. The molecule has 80 valence electrons. The first kappa shape index (κ1) is 11.3. The van der Waals surface area contributed by atoms with Crippen LogP contribution in [0.2, 0.25) is 0 Å². The van der Waals surface area contributed by atoms with Gasteiger partial charge in [0.1, 0.15) is 5.75 Å². The van der Waals surface area contributed by atoms with Crippen molar-refractivity contribution in [3.63, 3.8) is 0 Å². The molecule has 1 amide bonds. The number of carbonyl (C=O) groups excluding carboxylic acids is 1. The molecule has 0 aliphatic heterocycles. The second-order valence-corrected chi connectivity index (χ2v) is 3.33. The summed E-state index contributed by atoms with van der Waals surface area (Å²) >= 11 is 0. The number of phenolic OH excluding ortho intramolecular Hbond substituents is 1. The van der Waals surface area contributed by atoms with E-state index in [0.717, 1.165) is 11.1 Å². The predicted molar refractivity (Wildman–Crippen MR) is 60.6 cm³/mol. The van der Waals surface area contributed by atoms with Crippen LogP contribution in [0.1, 0.15) is 18.1 Å². The van der Waals surface area contributed by atoms with Crippen LogP contribution in [0, 0.1) is 6.92 Å². The maximum absolute atomic E-state index is 10.6. The van der Waals surface area contributed by atoms with Crippen LogP contribution in [0.25, 0.3) is 6.08 Å². The van der Waals surface area contributed by atoms with Gasteiger partial charge in [0.15, 0.2) is 0 Å². The van der Waals surface area contributed by atoms with E-state index in [4.69, 9.17) is 0 Å². The third-order valence-electron chi connectivity index (χ3n) is 2.11. The van der Waals surface area contributed by atoms with Crippen LogP contribution in [0.4, 0.5) is 0 Å². The van der Waals surface area contributed by atoms with Gasteiger partial charge in [-0.05, 0) is 24.1 Å². The molecule has 0 fully saturated rings. The van der Waals surface area contributed by atoms with Gasteiger partial charge >= 0.3 is 0 Å². The maximum atomic E-state index is 10.6. The summed E-state index contributed by atoms with van der Waals surface area (Å²) in [5, 5.41) is 12.1. The van der Waals surface area contributed by atoms with Gasteiger partial charge in [-0.25, -0.2) is 0 Å². The van der Waals surface area contributed by atoms with Gasteiger partial charge < -0.3 is 10.4 Å². The zero-order chi connectivity index (χ0) is 11.3. The second kappa shape index (κ2) is 5.20. The molecule has 0 heterocycles. The van der Waals surface area contributed by atoms with E-state index in [1.54, 1.807) is 12.1 Å². The summed E-state index contributed by atoms with van der Waals surface area (Å²) in [6.07, 6.45) is 3.73. The molecule has 0 spiro atoms. The lowest BCUT2D eigenvalue weighted by Crippen LogP contribution is -2.19.